The van der Waals surface area contributed by atoms with Gasteiger partial charge in [-0.15, -0.1) is 0 Å². The van der Waals surface area contributed by atoms with Crippen LogP contribution in [0.25, 0.3) is 0 Å². The molecule has 0 aromatic heterocycles. The quantitative estimate of drug-likeness (QED) is 0.741. The number of nitrogens with one attached hydrogen (secondary N) is 1. The molecule has 1 aliphatic carbocycles. The van der Waals surface area contributed by atoms with Gasteiger partial charge in [0, 0.05) is 31.7 Å². The summed E-state index contributed by atoms with van der Waals surface area (Å²) in [5.41, 5.74) is -0.0133. The van der Waals surface area contributed by atoms with Crippen LogP contribution in [0.2, 0.25) is 10.0 Å². The van der Waals surface area contributed by atoms with Gasteiger partial charge >= 0.3 is 0 Å². The number of nitrogens with zero attached hydrogens (tertiary/aromatic N) is 1. The third-order valence-electron chi connectivity index (χ3n) is 6.85. The van der Waals surface area contributed by atoms with Crippen LogP contribution in [0.5, 0.6) is 5.75 Å². The molecular formula is C22H30Cl2N2O3. The first kappa shape index (κ1) is 21.2. The lowest BCUT2D eigenvalue weighted by molar-refractivity contribution is -0.136. The number of halogens is 2. The van der Waals surface area contributed by atoms with Gasteiger partial charge in [0.25, 0.3) is 5.91 Å². The van der Waals surface area contributed by atoms with Crippen molar-refractivity contribution in [2.75, 3.05) is 26.7 Å². The first-order valence-corrected chi connectivity index (χ1v) is 11.5. The van der Waals surface area contributed by atoms with Crippen LogP contribution in [0.1, 0.15) is 44.9 Å². The Morgan fingerprint density at radius 1 is 1.24 bits per heavy atom. The molecule has 5 nitrogen and oxygen atoms in total. The molecule has 1 saturated carbocycles. The molecule has 1 N–H and O–H groups in total. The normalized spacial score (nSPS) is 31.1. The molecule has 2 aliphatic heterocycles. The Kier molecular flexibility index (Phi) is 6.59. The lowest BCUT2D eigenvalue weighted by Crippen LogP contribution is -2.56. The van der Waals surface area contributed by atoms with Gasteiger partial charge < -0.3 is 14.8 Å². The molecule has 2 saturated heterocycles. The fourth-order valence-corrected chi connectivity index (χ4v) is 5.66. The van der Waals surface area contributed by atoms with Crippen LogP contribution in [-0.2, 0) is 9.53 Å². The van der Waals surface area contributed by atoms with Gasteiger partial charge in [-0.1, -0.05) is 23.2 Å². The van der Waals surface area contributed by atoms with Crippen molar-refractivity contribution in [3.05, 3.63) is 28.2 Å². The molecule has 1 amide bonds. The molecule has 3 fully saturated rings. The summed E-state index contributed by atoms with van der Waals surface area (Å²) >= 11 is 12.2. The molecular weight excluding hydrogens is 411 g/mol. The van der Waals surface area contributed by atoms with E-state index in [4.69, 9.17) is 32.7 Å². The van der Waals surface area contributed by atoms with Crippen LogP contribution in [0.15, 0.2) is 18.2 Å². The largest absolute Gasteiger partial charge is 0.480 e. The van der Waals surface area contributed by atoms with Crippen LogP contribution >= 0.6 is 23.2 Å². The van der Waals surface area contributed by atoms with E-state index in [1.165, 1.54) is 12.8 Å². The van der Waals surface area contributed by atoms with Gasteiger partial charge in [-0.25, -0.2) is 0 Å². The summed E-state index contributed by atoms with van der Waals surface area (Å²) in [6.07, 6.45) is 7.02. The Hall–Kier alpha value is -1.01. The monoisotopic (exact) mass is 440 g/mol. The number of likely N-dealkylation sites (N-methyl/N-ethyl adjacent to an activating group) is 1. The number of amides is 1. The third kappa shape index (κ3) is 4.53. The number of hydrogen-bond acceptors (Lipinski definition) is 4. The number of benzene rings is 1. The van der Waals surface area contributed by atoms with Crippen molar-refractivity contribution in [2.24, 2.45) is 5.92 Å². The molecule has 29 heavy (non-hydrogen) atoms. The molecule has 1 unspecified atom stereocenters. The van der Waals surface area contributed by atoms with E-state index in [0.29, 0.717) is 15.8 Å². The molecule has 4 rings (SSSR count). The highest BCUT2D eigenvalue weighted by molar-refractivity contribution is 6.42. The summed E-state index contributed by atoms with van der Waals surface area (Å²) in [5.74, 6) is 0.594. The molecule has 160 valence electrons. The maximum absolute atomic E-state index is 12.9. The van der Waals surface area contributed by atoms with Crippen LogP contribution in [0.4, 0.5) is 0 Å². The average molecular weight is 441 g/mol. The highest BCUT2D eigenvalue weighted by atomic mass is 35.5. The van der Waals surface area contributed by atoms with Gasteiger partial charge in [0.1, 0.15) is 5.75 Å². The molecule has 2 heterocycles. The molecule has 1 aromatic carbocycles. The minimum Gasteiger partial charge on any atom is -0.480 e. The highest BCUT2D eigenvalue weighted by Gasteiger charge is 2.49. The van der Waals surface area contributed by atoms with E-state index in [1.54, 1.807) is 25.2 Å². The van der Waals surface area contributed by atoms with Crippen molar-refractivity contribution in [3.63, 3.8) is 0 Å². The van der Waals surface area contributed by atoms with E-state index in [2.05, 4.69) is 10.2 Å². The predicted molar refractivity (Wildman–Crippen MR) is 115 cm³/mol. The minimum absolute atomic E-state index is 0.0133. The Labute approximate surface area is 183 Å². The zero-order chi connectivity index (χ0) is 20.4. The first-order valence-electron chi connectivity index (χ1n) is 10.7. The number of likely N-dealkylation sites (tertiary alicyclic amines) is 1. The summed E-state index contributed by atoms with van der Waals surface area (Å²) in [4.78, 5) is 15.5. The maximum atomic E-state index is 12.9. The number of hydrogen-bond donors (Lipinski definition) is 1. The zero-order valence-electron chi connectivity index (χ0n) is 17.0. The standard InChI is InChI=1S/C22H30Cl2N2O3/c1-25-21(27)20(29-15-5-6-17(23)18(24)13-15)16-7-9-22(8-4-12-28-22)14-19(16)26-10-2-3-11-26/h5-6,13,16,19-20H,2-4,7-12,14H2,1H3,(H,25,27)/t16-,19+,20?,22-/m1/s1. The lowest BCUT2D eigenvalue weighted by atomic mass is 9.71. The Bertz CT molecular complexity index is 733. The maximum Gasteiger partial charge on any atom is 0.261 e. The van der Waals surface area contributed by atoms with Crippen molar-refractivity contribution < 1.29 is 14.3 Å². The predicted octanol–water partition coefficient (Wildman–Crippen LogP) is 4.30. The third-order valence-corrected chi connectivity index (χ3v) is 7.59. The molecule has 1 aromatic rings. The topological polar surface area (TPSA) is 50.8 Å². The van der Waals surface area contributed by atoms with Gasteiger partial charge in [0.2, 0.25) is 0 Å². The summed E-state index contributed by atoms with van der Waals surface area (Å²) in [6.45, 7) is 3.03. The second-order valence-electron chi connectivity index (χ2n) is 8.58. The summed E-state index contributed by atoms with van der Waals surface area (Å²) < 4.78 is 12.5. The van der Waals surface area contributed by atoms with E-state index >= 15 is 0 Å². The number of ether oxygens (including phenoxy) is 2. The van der Waals surface area contributed by atoms with Crippen LogP contribution < -0.4 is 10.1 Å². The molecule has 0 radical (unpaired) electrons. The van der Waals surface area contributed by atoms with Crippen LogP contribution in [-0.4, -0.2) is 55.3 Å². The lowest BCUT2D eigenvalue weighted by Gasteiger charge is -2.47. The summed E-state index contributed by atoms with van der Waals surface area (Å²) in [6, 6.07) is 5.46. The molecule has 1 spiro atoms. The summed E-state index contributed by atoms with van der Waals surface area (Å²) in [5, 5.41) is 3.71. The van der Waals surface area contributed by atoms with E-state index in [9.17, 15) is 4.79 Å². The molecule has 4 atom stereocenters. The van der Waals surface area contributed by atoms with E-state index in [-0.39, 0.29) is 23.5 Å². The minimum atomic E-state index is -0.568. The SMILES string of the molecule is CNC(=O)C(Oc1ccc(Cl)c(Cl)c1)[C@@H]1CC[C@]2(CCCO2)C[C@@H]1N1CCCC1. The molecule has 0 bridgehead atoms. The van der Waals surface area contributed by atoms with Crippen molar-refractivity contribution >= 4 is 29.1 Å². The fourth-order valence-electron chi connectivity index (χ4n) is 5.37. The second kappa shape index (κ2) is 9.01. The Morgan fingerprint density at radius 2 is 2.03 bits per heavy atom. The Morgan fingerprint density at radius 3 is 2.69 bits per heavy atom. The van der Waals surface area contributed by atoms with Crippen molar-refractivity contribution in [3.8, 4) is 5.75 Å². The van der Waals surface area contributed by atoms with Crippen LogP contribution in [0.3, 0.4) is 0 Å². The number of carbonyl (C=O) groups is 1. The van der Waals surface area contributed by atoms with Gasteiger partial charge in [0.05, 0.1) is 15.6 Å². The average Bonchev–Trinajstić information content (AvgIpc) is 3.41. The van der Waals surface area contributed by atoms with Crippen molar-refractivity contribution in [2.45, 2.75) is 62.7 Å². The number of rotatable bonds is 5. The fraction of sp³-hybridized carbons (Fsp3) is 0.682. The van der Waals surface area contributed by atoms with E-state index in [0.717, 1.165) is 51.8 Å². The van der Waals surface area contributed by atoms with Crippen LogP contribution in [0, 0.1) is 5.92 Å². The van der Waals surface area contributed by atoms with Gasteiger partial charge in [-0.2, -0.15) is 0 Å². The van der Waals surface area contributed by atoms with Crippen molar-refractivity contribution in [1.82, 2.24) is 10.2 Å². The van der Waals surface area contributed by atoms with Gasteiger partial charge in [-0.3, -0.25) is 9.69 Å². The Balaban J connectivity index is 1.60. The van der Waals surface area contributed by atoms with E-state index < -0.39 is 6.10 Å². The smallest absolute Gasteiger partial charge is 0.261 e. The summed E-state index contributed by atoms with van der Waals surface area (Å²) in [7, 11) is 1.67. The van der Waals surface area contributed by atoms with Gasteiger partial charge in [-0.05, 0) is 70.2 Å². The second-order valence-corrected chi connectivity index (χ2v) is 9.40. The zero-order valence-corrected chi connectivity index (χ0v) is 18.5. The first-order chi connectivity index (χ1) is 14.0. The van der Waals surface area contributed by atoms with Gasteiger partial charge in [0.15, 0.2) is 6.10 Å². The number of carbonyl (C=O) groups excluding carboxylic acids is 1. The molecule has 3 aliphatic rings. The highest BCUT2D eigenvalue weighted by Crippen LogP contribution is 2.45. The van der Waals surface area contributed by atoms with Crippen molar-refractivity contribution in [1.29, 1.82) is 0 Å². The molecule has 7 heteroatoms. The van der Waals surface area contributed by atoms with E-state index in [1.807, 2.05) is 0 Å².